The minimum atomic E-state index is -0.389. The van der Waals surface area contributed by atoms with Crippen LogP contribution in [0.1, 0.15) is 19.3 Å². The number of pyridine rings is 1. The molecule has 104 valence electrons. The first-order valence-corrected chi connectivity index (χ1v) is 6.79. The first kappa shape index (κ1) is 12.8. The molecule has 0 saturated carbocycles. The minimum Gasteiger partial charge on any atom is -0.318 e. The van der Waals surface area contributed by atoms with Gasteiger partial charge in [0, 0.05) is 30.7 Å². The average Bonchev–Trinajstić information content (AvgIpc) is 2.48. The van der Waals surface area contributed by atoms with Crippen LogP contribution in [-0.4, -0.2) is 28.0 Å². The van der Waals surface area contributed by atoms with E-state index >= 15 is 0 Å². The van der Waals surface area contributed by atoms with Crippen LogP contribution in [0, 0.1) is 10.1 Å². The SMILES string of the molecule is O=[N+]([O-])c1ccc(NN2CCCCC2)c2cccnc12. The van der Waals surface area contributed by atoms with Gasteiger partial charge in [-0.05, 0) is 31.0 Å². The fourth-order valence-electron chi connectivity index (χ4n) is 2.58. The number of anilines is 1. The highest BCUT2D eigenvalue weighted by Crippen LogP contribution is 2.30. The van der Waals surface area contributed by atoms with Crippen molar-refractivity contribution >= 4 is 22.3 Å². The van der Waals surface area contributed by atoms with Crippen LogP contribution in [0.5, 0.6) is 0 Å². The van der Waals surface area contributed by atoms with Crippen LogP contribution in [0.4, 0.5) is 11.4 Å². The fourth-order valence-corrected chi connectivity index (χ4v) is 2.58. The highest BCUT2D eigenvalue weighted by molar-refractivity contribution is 5.96. The summed E-state index contributed by atoms with van der Waals surface area (Å²) in [4.78, 5) is 14.8. The van der Waals surface area contributed by atoms with Crippen molar-refractivity contribution in [3.63, 3.8) is 0 Å². The molecule has 0 unspecified atom stereocenters. The number of nitrogens with one attached hydrogen (secondary N) is 1. The van der Waals surface area contributed by atoms with Crippen LogP contribution in [0.15, 0.2) is 30.5 Å². The van der Waals surface area contributed by atoms with Gasteiger partial charge in [0.2, 0.25) is 0 Å². The number of fused-ring (bicyclic) bond motifs is 1. The molecule has 1 fully saturated rings. The predicted molar refractivity (Wildman–Crippen MR) is 77.4 cm³/mol. The summed E-state index contributed by atoms with van der Waals surface area (Å²) < 4.78 is 0. The molecule has 1 aromatic carbocycles. The molecular weight excluding hydrogens is 256 g/mol. The number of nitro benzene ring substituents is 1. The van der Waals surface area contributed by atoms with E-state index in [0.29, 0.717) is 5.52 Å². The van der Waals surface area contributed by atoms with Gasteiger partial charge in [-0.25, -0.2) is 9.99 Å². The molecule has 0 radical (unpaired) electrons. The van der Waals surface area contributed by atoms with E-state index in [1.54, 1.807) is 18.3 Å². The zero-order valence-electron chi connectivity index (χ0n) is 11.1. The molecule has 1 aromatic heterocycles. The van der Waals surface area contributed by atoms with Crippen molar-refractivity contribution in [2.45, 2.75) is 19.3 Å². The Bertz CT molecular complexity index is 638. The molecule has 20 heavy (non-hydrogen) atoms. The number of hydrogen-bond acceptors (Lipinski definition) is 5. The molecule has 2 heterocycles. The molecular formula is C14H16N4O2. The minimum absolute atomic E-state index is 0.0461. The van der Waals surface area contributed by atoms with Crippen LogP contribution in [0.3, 0.4) is 0 Å². The Hall–Kier alpha value is -2.21. The van der Waals surface area contributed by atoms with Crippen LogP contribution in [-0.2, 0) is 0 Å². The Morgan fingerprint density at radius 1 is 1.20 bits per heavy atom. The third-order valence-electron chi connectivity index (χ3n) is 3.58. The molecule has 6 nitrogen and oxygen atoms in total. The molecule has 6 heteroatoms. The van der Waals surface area contributed by atoms with Gasteiger partial charge in [0.15, 0.2) is 0 Å². The molecule has 0 atom stereocenters. The molecule has 1 aliphatic heterocycles. The van der Waals surface area contributed by atoms with Crippen molar-refractivity contribution in [2.24, 2.45) is 0 Å². The highest BCUT2D eigenvalue weighted by Gasteiger charge is 2.17. The van der Waals surface area contributed by atoms with E-state index < -0.39 is 0 Å². The van der Waals surface area contributed by atoms with E-state index in [4.69, 9.17) is 0 Å². The Morgan fingerprint density at radius 3 is 2.75 bits per heavy atom. The van der Waals surface area contributed by atoms with Gasteiger partial charge < -0.3 is 5.43 Å². The Kier molecular flexibility index (Phi) is 3.47. The zero-order chi connectivity index (χ0) is 13.9. The smallest absolute Gasteiger partial charge is 0.295 e. The van der Waals surface area contributed by atoms with Crippen molar-refractivity contribution in [2.75, 3.05) is 18.5 Å². The molecule has 0 bridgehead atoms. The van der Waals surface area contributed by atoms with Crippen LogP contribution in [0.25, 0.3) is 10.9 Å². The summed E-state index contributed by atoms with van der Waals surface area (Å²) >= 11 is 0. The number of non-ortho nitro benzene ring substituents is 1. The lowest BCUT2D eigenvalue weighted by Gasteiger charge is -2.28. The van der Waals surface area contributed by atoms with Gasteiger partial charge in [0.25, 0.3) is 5.69 Å². The summed E-state index contributed by atoms with van der Waals surface area (Å²) in [5.74, 6) is 0. The lowest BCUT2D eigenvalue weighted by Crippen LogP contribution is -2.34. The second kappa shape index (κ2) is 5.42. The van der Waals surface area contributed by atoms with Crippen molar-refractivity contribution in [1.82, 2.24) is 9.99 Å². The maximum Gasteiger partial charge on any atom is 0.295 e. The van der Waals surface area contributed by atoms with Crippen LogP contribution in [0.2, 0.25) is 0 Å². The standard InChI is InChI=1S/C14H16N4O2/c19-18(20)13-7-6-12(11-5-4-8-15-14(11)13)16-17-9-2-1-3-10-17/h4-8,16H,1-3,9-10H2. The monoisotopic (exact) mass is 272 g/mol. The maximum atomic E-state index is 11.1. The number of hydrazine groups is 1. The van der Waals surface area contributed by atoms with Crippen molar-refractivity contribution in [3.8, 4) is 0 Å². The molecule has 0 aliphatic carbocycles. The third kappa shape index (κ3) is 2.42. The van der Waals surface area contributed by atoms with Gasteiger partial charge in [0.05, 0.1) is 10.6 Å². The lowest BCUT2D eigenvalue weighted by molar-refractivity contribution is -0.383. The van der Waals surface area contributed by atoms with Crippen molar-refractivity contribution in [1.29, 1.82) is 0 Å². The summed E-state index contributed by atoms with van der Waals surface area (Å²) in [7, 11) is 0. The summed E-state index contributed by atoms with van der Waals surface area (Å²) in [6.45, 7) is 2.00. The zero-order valence-corrected chi connectivity index (χ0v) is 11.1. The topological polar surface area (TPSA) is 71.3 Å². The van der Waals surface area contributed by atoms with E-state index in [1.165, 1.54) is 25.3 Å². The third-order valence-corrected chi connectivity index (χ3v) is 3.58. The quantitative estimate of drug-likeness (QED) is 0.687. The number of piperidine rings is 1. The number of nitrogens with zero attached hydrogens (tertiary/aromatic N) is 3. The van der Waals surface area contributed by atoms with Gasteiger partial charge in [-0.2, -0.15) is 0 Å². The Morgan fingerprint density at radius 2 is 2.00 bits per heavy atom. The van der Waals surface area contributed by atoms with Gasteiger partial charge >= 0.3 is 0 Å². The van der Waals surface area contributed by atoms with Crippen LogP contribution < -0.4 is 5.43 Å². The predicted octanol–water partition coefficient (Wildman–Crippen LogP) is 2.96. The first-order chi connectivity index (χ1) is 9.75. The van der Waals surface area contributed by atoms with Gasteiger partial charge in [-0.3, -0.25) is 10.1 Å². The second-order valence-electron chi connectivity index (χ2n) is 4.95. The summed E-state index contributed by atoms with van der Waals surface area (Å²) in [6, 6.07) is 6.94. The number of hydrogen-bond donors (Lipinski definition) is 1. The number of nitro groups is 1. The highest BCUT2D eigenvalue weighted by atomic mass is 16.6. The van der Waals surface area contributed by atoms with Gasteiger partial charge in [-0.1, -0.05) is 6.42 Å². The second-order valence-corrected chi connectivity index (χ2v) is 4.95. The van der Waals surface area contributed by atoms with E-state index in [2.05, 4.69) is 15.4 Å². The lowest BCUT2D eigenvalue weighted by atomic mass is 10.1. The average molecular weight is 272 g/mol. The molecule has 0 amide bonds. The summed E-state index contributed by atoms with van der Waals surface area (Å²) in [5, 5.41) is 14.0. The first-order valence-electron chi connectivity index (χ1n) is 6.79. The van der Waals surface area contributed by atoms with Crippen LogP contribution >= 0.6 is 0 Å². The Labute approximate surface area is 116 Å². The molecule has 1 saturated heterocycles. The van der Waals surface area contributed by atoms with Gasteiger partial charge in [-0.15, -0.1) is 0 Å². The number of aromatic nitrogens is 1. The van der Waals surface area contributed by atoms with E-state index in [-0.39, 0.29) is 10.6 Å². The number of benzene rings is 1. The molecule has 0 spiro atoms. The van der Waals surface area contributed by atoms with Gasteiger partial charge in [0.1, 0.15) is 5.52 Å². The normalized spacial score (nSPS) is 16.2. The fraction of sp³-hybridized carbons (Fsp3) is 0.357. The molecule has 1 aliphatic rings. The molecule has 1 N–H and O–H groups in total. The summed E-state index contributed by atoms with van der Waals surface area (Å²) in [5.41, 5.74) is 4.71. The van der Waals surface area contributed by atoms with E-state index in [9.17, 15) is 10.1 Å². The Balaban J connectivity index is 1.99. The maximum absolute atomic E-state index is 11.1. The molecule has 3 rings (SSSR count). The van der Waals surface area contributed by atoms with E-state index in [0.717, 1.165) is 24.2 Å². The summed E-state index contributed by atoms with van der Waals surface area (Å²) in [6.07, 6.45) is 5.20. The molecule has 2 aromatic rings. The van der Waals surface area contributed by atoms with Crippen molar-refractivity contribution in [3.05, 3.63) is 40.6 Å². The largest absolute Gasteiger partial charge is 0.318 e. The van der Waals surface area contributed by atoms with Crippen molar-refractivity contribution < 1.29 is 4.92 Å². The number of rotatable bonds is 3. The van der Waals surface area contributed by atoms with E-state index in [1.807, 2.05) is 6.07 Å².